The van der Waals surface area contributed by atoms with Gasteiger partial charge in [-0.1, -0.05) is 5.16 Å². The van der Waals surface area contributed by atoms with E-state index in [1.165, 1.54) is 0 Å². The lowest BCUT2D eigenvalue weighted by Crippen LogP contribution is -2.40. The van der Waals surface area contributed by atoms with Crippen LogP contribution in [0.2, 0.25) is 0 Å². The standard InChI is InChI=1S/C15H20N4O2S/c1-10-13(11(2)21-18-10)8-14(20)17-9-12-4-3-6-19(12)15-16-5-7-22-15/h5,7,12H,3-4,6,8-9H2,1-2H3,(H,17,20)/t12-/m1/s1. The molecule has 2 aromatic heterocycles. The first-order valence-electron chi connectivity index (χ1n) is 7.49. The molecule has 0 bridgehead atoms. The molecule has 1 amide bonds. The number of nitrogens with zero attached hydrogens (tertiary/aromatic N) is 3. The van der Waals surface area contributed by atoms with Gasteiger partial charge in [-0.3, -0.25) is 4.79 Å². The second-order valence-corrected chi connectivity index (χ2v) is 6.46. The number of amides is 1. The van der Waals surface area contributed by atoms with E-state index in [1.807, 2.05) is 25.4 Å². The molecule has 1 atom stereocenters. The Bertz CT molecular complexity index is 619. The second kappa shape index (κ2) is 6.48. The molecule has 1 aliphatic heterocycles. The van der Waals surface area contributed by atoms with Crippen molar-refractivity contribution in [3.05, 3.63) is 28.6 Å². The van der Waals surface area contributed by atoms with E-state index in [4.69, 9.17) is 4.52 Å². The topological polar surface area (TPSA) is 71.3 Å². The zero-order valence-electron chi connectivity index (χ0n) is 12.8. The van der Waals surface area contributed by atoms with Crippen LogP contribution in [-0.4, -0.2) is 35.2 Å². The van der Waals surface area contributed by atoms with Crippen molar-refractivity contribution < 1.29 is 9.32 Å². The molecule has 118 valence electrons. The molecular formula is C15H20N4O2S. The first kappa shape index (κ1) is 15.0. The number of anilines is 1. The molecule has 0 aliphatic carbocycles. The van der Waals surface area contributed by atoms with Crippen LogP contribution in [0.5, 0.6) is 0 Å². The molecule has 1 N–H and O–H groups in total. The number of carbonyl (C=O) groups excluding carboxylic acids is 1. The molecule has 1 saturated heterocycles. The molecule has 1 aliphatic rings. The predicted molar refractivity (Wildman–Crippen MR) is 85.2 cm³/mol. The Labute approximate surface area is 133 Å². The minimum Gasteiger partial charge on any atom is -0.361 e. The Morgan fingerprint density at radius 1 is 1.55 bits per heavy atom. The average molecular weight is 320 g/mol. The first-order valence-corrected chi connectivity index (χ1v) is 8.37. The van der Waals surface area contributed by atoms with Crippen molar-refractivity contribution in [2.75, 3.05) is 18.0 Å². The van der Waals surface area contributed by atoms with Crippen molar-refractivity contribution in [1.29, 1.82) is 0 Å². The Kier molecular flexibility index (Phi) is 4.42. The maximum absolute atomic E-state index is 12.2. The zero-order chi connectivity index (χ0) is 15.5. The van der Waals surface area contributed by atoms with Gasteiger partial charge in [-0.2, -0.15) is 0 Å². The van der Waals surface area contributed by atoms with E-state index in [1.54, 1.807) is 11.3 Å². The average Bonchev–Trinajstić information content (AvgIpc) is 3.21. The summed E-state index contributed by atoms with van der Waals surface area (Å²) in [6, 6.07) is 0.333. The van der Waals surface area contributed by atoms with Crippen molar-refractivity contribution in [1.82, 2.24) is 15.5 Å². The maximum atomic E-state index is 12.2. The number of aryl methyl sites for hydroxylation is 2. The summed E-state index contributed by atoms with van der Waals surface area (Å²) in [4.78, 5) is 18.8. The number of hydrogen-bond acceptors (Lipinski definition) is 6. The highest BCUT2D eigenvalue weighted by atomic mass is 32.1. The van der Waals surface area contributed by atoms with Crippen LogP contribution in [0, 0.1) is 13.8 Å². The van der Waals surface area contributed by atoms with Crippen LogP contribution < -0.4 is 10.2 Å². The molecule has 3 rings (SSSR count). The van der Waals surface area contributed by atoms with Crippen LogP contribution in [0.15, 0.2) is 16.1 Å². The van der Waals surface area contributed by atoms with E-state index in [9.17, 15) is 4.79 Å². The Hall–Kier alpha value is -1.89. The van der Waals surface area contributed by atoms with Crippen molar-refractivity contribution in [3.63, 3.8) is 0 Å². The van der Waals surface area contributed by atoms with Crippen LogP contribution in [0.3, 0.4) is 0 Å². The number of nitrogens with one attached hydrogen (secondary N) is 1. The molecule has 22 heavy (non-hydrogen) atoms. The van der Waals surface area contributed by atoms with Gasteiger partial charge in [-0.05, 0) is 26.7 Å². The monoisotopic (exact) mass is 320 g/mol. The van der Waals surface area contributed by atoms with E-state index in [0.29, 0.717) is 19.0 Å². The van der Waals surface area contributed by atoms with Crippen molar-refractivity contribution >= 4 is 22.4 Å². The number of thiazole rings is 1. The fourth-order valence-corrected chi connectivity index (χ4v) is 3.61. The van der Waals surface area contributed by atoms with Crippen molar-refractivity contribution in [2.24, 2.45) is 0 Å². The SMILES string of the molecule is Cc1noc(C)c1CC(=O)NC[C@H]1CCCN1c1nccs1. The normalized spacial score (nSPS) is 17.9. The van der Waals surface area contributed by atoms with Gasteiger partial charge in [0.25, 0.3) is 0 Å². The van der Waals surface area contributed by atoms with E-state index < -0.39 is 0 Å². The van der Waals surface area contributed by atoms with Crippen LogP contribution >= 0.6 is 11.3 Å². The predicted octanol–water partition coefficient (Wildman–Crippen LogP) is 2.08. The largest absolute Gasteiger partial charge is 0.361 e. The lowest BCUT2D eigenvalue weighted by molar-refractivity contribution is -0.120. The van der Waals surface area contributed by atoms with Crippen molar-refractivity contribution in [2.45, 2.75) is 39.2 Å². The Morgan fingerprint density at radius 2 is 2.41 bits per heavy atom. The van der Waals surface area contributed by atoms with Gasteiger partial charge in [-0.25, -0.2) is 4.98 Å². The van der Waals surface area contributed by atoms with Crippen LogP contribution in [0.4, 0.5) is 5.13 Å². The van der Waals surface area contributed by atoms with E-state index in [0.717, 1.165) is 41.5 Å². The molecule has 1 fully saturated rings. The molecular weight excluding hydrogens is 300 g/mol. The summed E-state index contributed by atoms with van der Waals surface area (Å²) >= 11 is 1.65. The lowest BCUT2D eigenvalue weighted by Gasteiger charge is -2.24. The number of carbonyl (C=O) groups is 1. The van der Waals surface area contributed by atoms with Crippen LogP contribution in [-0.2, 0) is 11.2 Å². The molecule has 0 saturated carbocycles. The van der Waals surface area contributed by atoms with Gasteiger partial charge in [0, 0.05) is 36.3 Å². The van der Waals surface area contributed by atoms with E-state index in [-0.39, 0.29) is 5.91 Å². The summed E-state index contributed by atoms with van der Waals surface area (Å²) in [7, 11) is 0. The third kappa shape index (κ3) is 3.14. The quantitative estimate of drug-likeness (QED) is 0.913. The van der Waals surface area contributed by atoms with E-state index in [2.05, 4.69) is 20.4 Å². The van der Waals surface area contributed by atoms with Crippen LogP contribution in [0.1, 0.15) is 29.9 Å². The highest BCUT2D eigenvalue weighted by molar-refractivity contribution is 7.13. The summed E-state index contributed by atoms with van der Waals surface area (Å²) in [5, 5.41) is 9.95. The summed E-state index contributed by atoms with van der Waals surface area (Å²) in [5.41, 5.74) is 1.68. The van der Waals surface area contributed by atoms with Gasteiger partial charge in [0.05, 0.1) is 12.1 Å². The molecule has 0 spiro atoms. The fraction of sp³-hybridized carbons (Fsp3) is 0.533. The van der Waals surface area contributed by atoms with Crippen LogP contribution in [0.25, 0.3) is 0 Å². The molecule has 2 aromatic rings. The van der Waals surface area contributed by atoms with E-state index >= 15 is 0 Å². The smallest absolute Gasteiger partial charge is 0.224 e. The van der Waals surface area contributed by atoms with Gasteiger partial charge in [0.2, 0.25) is 5.91 Å². The summed E-state index contributed by atoms with van der Waals surface area (Å²) in [6.45, 7) is 5.36. The summed E-state index contributed by atoms with van der Waals surface area (Å²) in [6.07, 6.45) is 4.38. The minimum absolute atomic E-state index is 0.0142. The third-order valence-corrected chi connectivity index (χ3v) is 4.90. The number of hydrogen-bond donors (Lipinski definition) is 1. The molecule has 3 heterocycles. The van der Waals surface area contributed by atoms with Gasteiger partial charge in [-0.15, -0.1) is 11.3 Å². The first-order chi connectivity index (χ1) is 10.6. The molecule has 6 nitrogen and oxygen atoms in total. The second-order valence-electron chi connectivity index (χ2n) is 5.59. The zero-order valence-corrected chi connectivity index (χ0v) is 13.7. The molecule has 0 radical (unpaired) electrons. The summed E-state index contributed by atoms with van der Waals surface area (Å²) in [5.74, 6) is 0.735. The molecule has 7 heteroatoms. The maximum Gasteiger partial charge on any atom is 0.224 e. The minimum atomic E-state index is 0.0142. The molecule has 0 unspecified atom stereocenters. The third-order valence-electron chi connectivity index (χ3n) is 4.10. The van der Waals surface area contributed by atoms with Gasteiger partial charge >= 0.3 is 0 Å². The highest BCUT2D eigenvalue weighted by Crippen LogP contribution is 2.26. The van der Waals surface area contributed by atoms with Crippen molar-refractivity contribution in [3.8, 4) is 0 Å². The van der Waals surface area contributed by atoms with Gasteiger partial charge < -0.3 is 14.7 Å². The Balaban J connectivity index is 1.55. The van der Waals surface area contributed by atoms with Gasteiger partial charge in [0.1, 0.15) is 5.76 Å². The summed E-state index contributed by atoms with van der Waals surface area (Å²) < 4.78 is 5.09. The Morgan fingerprint density at radius 3 is 3.09 bits per heavy atom. The van der Waals surface area contributed by atoms with Gasteiger partial charge in [0.15, 0.2) is 5.13 Å². The number of rotatable bonds is 5. The number of aromatic nitrogens is 2. The lowest BCUT2D eigenvalue weighted by atomic mass is 10.1. The molecule has 0 aromatic carbocycles. The fourth-order valence-electron chi connectivity index (χ4n) is 2.87. The highest BCUT2D eigenvalue weighted by Gasteiger charge is 2.26.